The maximum atomic E-state index is 11.2. The van der Waals surface area contributed by atoms with Crippen molar-refractivity contribution in [2.45, 2.75) is 78.0 Å². The molecule has 0 aromatic carbocycles. The largest absolute Gasteiger partial charge is 0.462 e. The highest BCUT2D eigenvalue weighted by Gasteiger charge is 2.13. The number of ether oxygens (including phenoxy) is 3. The van der Waals surface area contributed by atoms with Crippen molar-refractivity contribution < 1.29 is 19.0 Å². The van der Waals surface area contributed by atoms with Crippen molar-refractivity contribution in [1.29, 1.82) is 0 Å². The smallest absolute Gasteiger partial charge is 0.333 e. The number of carbonyl (C=O) groups is 1. The summed E-state index contributed by atoms with van der Waals surface area (Å²) in [5.74, 6) is -0.272. The van der Waals surface area contributed by atoms with Gasteiger partial charge >= 0.3 is 5.97 Å². The summed E-state index contributed by atoms with van der Waals surface area (Å²) >= 11 is 0. The zero-order chi connectivity index (χ0) is 16.3. The van der Waals surface area contributed by atoms with E-state index in [1.165, 1.54) is 6.04 Å². The van der Waals surface area contributed by atoms with Gasteiger partial charge in [0, 0.05) is 5.57 Å². The number of hydrogen-bond donors (Lipinski definition) is 0. The molecule has 0 unspecified atom stereocenters. The minimum absolute atomic E-state index is 0.0197. The molecule has 0 atom stereocenters. The second-order valence-corrected chi connectivity index (χ2v) is 7.87. The molecule has 0 radical (unpaired) electrons. The third-order valence-corrected chi connectivity index (χ3v) is 4.53. The lowest BCUT2D eigenvalue weighted by Gasteiger charge is -2.22. The number of unbranched alkanes of at least 4 members (excludes halogenated alkanes) is 2. The fraction of sp³-hybridized carbons (Fsp3) is 0.812. The van der Waals surface area contributed by atoms with Crippen molar-refractivity contribution in [3.63, 3.8) is 0 Å². The van der Waals surface area contributed by atoms with Gasteiger partial charge in [-0.05, 0) is 41.0 Å². The Bertz CT molecular complexity index is 293. The van der Waals surface area contributed by atoms with E-state index in [0.717, 1.165) is 19.3 Å². The summed E-state index contributed by atoms with van der Waals surface area (Å²) in [5, 5.41) is 0. The lowest BCUT2D eigenvalue weighted by molar-refractivity contribution is -0.139. The first-order valence-electron chi connectivity index (χ1n) is 7.96. The summed E-state index contributed by atoms with van der Waals surface area (Å²) in [5.41, 5.74) is 0.460. The summed E-state index contributed by atoms with van der Waals surface area (Å²) < 4.78 is 16.7. The van der Waals surface area contributed by atoms with Gasteiger partial charge in [0.05, 0.1) is 28.3 Å². The molecule has 0 aliphatic rings. The predicted molar refractivity (Wildman–Crippen MR) is 89.2 cm³/mol. The molecule has 4 nitrogen and oxygen atoms in total. The van der Waals surface area contributed by atoms with Crippen molar-refractivity contribution in [2.24, 2.45) is 0 Å². The van der Waals surface area contributed by atoms with Gasteiger partial charge in [0.15, 0.2) is 0 Å². The van der Waals surface area contributed by atoms with Gasteiger partial charge in [-0.2, -0.15) is 0 Å². The number of carbonyl (C=O) groups excluding carboxylic acids is 1. The van der Waals surface area contributed by atoms with Crippen LogP contribution >= 0.6 is 0 Å². The van der Waals surface area contributed by atoms with E-state index in [9.17, 15) is 4.79 Å². The van der Waals surface area contributed by atoms with Crippen LogP contribution in [0.5, 0.6) is 0 Å². The van der Waals surface area contributed by atoms with Gasteiger partial charge < -0.3 is 14.2 Å². The van der Waals surface area contributed by atoms with Crippen LogP contribution in [-0.4, -0.2) is 40.2 Å². The van der Waals surface area contributed by atoms with E-state index in [-0.39, 0.29) is 33.6 Å². The molecule has 0 saturated carbocycles. The third-order valence-electron chi connectivity index (χ3n) is 2.76. The zero-order valence-corrected chi connectivity index (χ0v) is 15.7. The lowest BCUT2D eigenvalue weighted by Crippen LogP contribution is -2.30. The molecule has 0 aliphatic heterocycles. The fourth-order valence-corrected chi connectivity index (χ4v) is 3.85. The maximum absolute atomic E-state index is 11.2. The highest BCUT2D eigenvalue weighted by atomic mass is 28.2. The molecule has 0 rings (SSSR count). The average Bonchev–Trinajstić information content (AvgIpc) is 2.35. The summed E-state index contributed by atoms with van der Waals surface area (Å²) in [6.45, 7) is 13.9. The van der Waals surface area contributed by atoms with E-state index in [1.54, 1.807) is 6.92 Å². The van der Waals surface area contributed by atoms with Crippen molar-refractivity contribution >= 4 is 15.5 Å². The molecule has 21 heavy (non-hydrogen) atoms. The highest BCUT2D eigenvalue weighted by Crippen LogP contribution is 2.08. The van der Waals surface area contributed by atoms with Crippen LogP contribution in [0, 0.1) is 0 Å². The summed E-state index contributed by atoms with van der Waals surface area (Å²) in [4.78, 5) is 11.2. The van der Waals surface area contributed by atoms with Gasteiger partial charge in [0.2, 0.25) is 0 Å². The minimum atomic E-state index is -0.389. The molecule has 0 heterocycles. The monoisotopic (exact) mass is 316 g/mol. The Hall–Kier alpha value is -0.653. The normalized spacial score (nSPS) is 12.0. The van der Waals surface area contributed by atoms with Crippen LogP contribution in [0.2, 0.25) is 6.04 Å². The number of hydrogen-bond acceptors (Lipinski definition) is 4. The Morgan fingerprint density at radius 3 is 2.10 bits per heavy atom. The molecule has 0 spiro atoms. The van der Waals surface area contributed by atoms with Crippen LogP contribution < -0.4 is 0 Å². The van der Waals surface area contributed by atoms with Crippen molar-refractivity contribution in [3.8, 4) is 0 Å². The van der Waals surface area contributed by atoms with E-state index >= 15 is 0 Å². The van der Waals surface area contributed by atoms with E-state index in [1.807, 2.05) is 27.7 Å². The third kappa shape index (κ3) is 12.8. The molecule has 0 aliphatic carbocycles. The molecule has 0 aromatic heterocycles. The van der Waals surface area contributed by atoms with Gasteiger partial charge in [-0.1, -0.05) is 25.5 Å². The quantitative estimate of drug-likeness (QED) is 0.182. The summed E-state index contributed by atoms with van der Waals surface area (Å²) in [6.07, 6.45) is 3.56. The molecule has 0 N–H and O–H groups in total. The number of rotatable bonds is 12. The summed E-state index contributed by atoms with van der Waals surface area (Å²) in [6, 6.07) is 1.19. The Kier molecular flexibility index (Phi) is 11.6. The topological polar surface area (TPSA) is 44.8 Å². The average molecular weight is 317 g/mol. The second-order valence-electron chi connectivity index (χ2n) is 5.92. The SMILES string of the molecule is C=C(C)C(=O)OCCCCC[SiH2]C(OC(C)C)OC(C)C. The predicted octanol–water partition coefficient (Wildman–Crippen LogP) is 3.00. The molecule has 0 fully saturated rings. The van der Waals surface area contributed by atoms with Crippen LogP contribution in [0.15, 0.2) is 12.2 Å². The van der Waals surface area contributed by atoms with E-state index < -0.39 is 0 Å². The maximum Gasteiger partial charge on any atom is 0.333 e. The van der Waals surface area contributed by atoms with E-state index in [0.29, 0.717) is 12.2 Å². The molecular formula is C16H32O4Si. The van der Waals surface area contributed by atoms with Crippen molar-refractivity contribution in [1.82, 2.24) is 0 Å². The second kappa shape index (κ2) is 11.9. The lowest BCUT2D eigenvalue weighted by atomic mass is 10.3. The van der Waals surface area contributed by atoms with Crippen LogP contribution in [0.3, 0.4) is 0 Å². The zero-order valence-electron chi connectivity index (χ0n) is 14.3. The Balaban J connectivity index is 3.66. The highest BCUT2D eigenvalue weighted by molar-refractivity contribution is 6.36. The summed E-state index contributed by atoms with van der Waals surface area (Å²) in [7, 11) is -0.389. The van der Waals surface area contributed by atoms with Crippen LogP contribution in [-0.2, 0) is 19.0 Å². The van der Waals surface area contributed by atoms with Gasteiger partial charge in [-0.25, -0.2) is 4.79 Å². The van der Waals surface area contributed by atoms with E-state index in [2.05, 4.69) is 6.58 Å². The minimum Gasteiger partial charge on any atom is -0.462 e. The van der Waals surface area contributed by atoms with Gasteiger partial charge in [-0.15, -0.1) is 0 Å². The molecule has 0 saturated heterocycles. The first-order valence-corrected chi connectivity index (χ1v) is 9.78. The van der Waals surface area contributed by atoms with Gasteiger partial charge in [0.1, 0.15) is 5.91 Å². The molecule has 0 amide bonds. The molecule has 124 valence electrons. The Morgan fingerprint density at radius 1 is 1.05 bits per heavy atom. The Labute approximate surface area is 132 Å². The van der Waals surface area contributed by atoms with Crippen molar-refractivity contribution in [3.05, 3.63) is 12.2 Å². The van der Waals surface area contributed by atoms with Crippen LogP contribution in [0.4, 0.5) is 0 Å². The van der Waals surface area contributed by atoms with E-state index in [4.69, 9.17) is 14.2 Å². The Morgan fingerprint density at radius 2 is 1.62 bits per heavy atom. The van der Waals surface area contributed by atoms with Gasteiger partial charge in [-0.3, -0.25) is 0 Å². The van der Waals surface area contributed by atoms with Crippen LogP contribution in [0.25, 0.3) is 0 Å². The first kappa shape index (κ1) is 20.3. The molecule has 5 heteroatoms. The first-order chi connectivity index (χ1) is 9.82. The molecule has 0 bridgehead atoms. The van der Waals surface area contributed by atoms with Gasteiger partial charge in [0.25, 0.3) is 0 Å². The molecule has 0 aromatic rings. The van der Waals surface area contributed by atoms with Crippen LogP contribution in [0.1, 0.15) is 53.9 Å². The van der Waals surface area contributed by atoms with Crippen molar-refractivity contribution in [2.75, 3.05) is 6.61 Å². The molecular weight excluding hydrogens is 284 g/mol. The number of esters is 1. The standard InChI is InChI=1S/C16H32O4Si/c1-12(2)15(17)18-10-8-7-9-11-21-16(19-13(3)4)20-14(5)6/h13-14,16H,1,7-11,21H2,2-6H3. The fourth-order valence-electron chi connectivity index (χ4n) is 1.83.